The Labute approximate surface area is 148 Å². The van der Waals surface area contributed by atoms with Crippen molar-refractivity contribution >= 4 is 17.2 Å². The molecule has 134 valence electrons. The van der Waals surface area contributed by atoms with Crippen LogP contribution >= 0.6 is 11.3 Å². The van der Waals surface area contributed by atoms with Gasteiger partial charge in [0, 0.05) is 31.1 Å². The lowest BCUT2D eigenvalue weighted by Crippen LogP contribution is -2.45. The smallest absolute Gasteiger partial charge is 0.261 e. The summed E-state index contributed by atoms with van der Waals surface area (Å²) in [5, 5.41) is 3.01. The van der Waals surface area contributed by atoms with E-state index in [2.05, 4.69) is 23.2 Å². The van der Waals surface area contributed by atoms with Crippen molar-refractivity contribution in [1.29, 1.82) is 0 Å². The van der Waals surface area contributed by atoms with E-state index in [4.69, 9.17) is 9.47 Å². The topological polar surface area (TPSA) is 50.8 Å². The number of hydrogen-bond acceptors (Lipinski definition) is 5. The second-order valence-corrected chi connectivity index (χ2v) is 7.87. The van der Waals surface area contributed by atoms with Crippen LogP contribution in [-0.2, 0) is 21.5 Å². The zero-order valence-corrected chi connectivity index (χ0v) is 15.7. The molecule has 5 nitrogen and oxygen atoms in total. The number of ether oxygens (including phenoxy) is 2. The molecule has 1 saturated heterocycles. The molecule has 6 heteroatoms. The van der Waals surface area contributed by atoms with Crippen LogP contribution in [0, 0.1) is 0 Å². The number of carbonyl (C=O) groups excluding carboxylic acids is 1. The number of hydrogen-bond donors (Lipinski definition) is 1. The first kappa shape index (κ1) is 17.9. The molecular formula is C18H28N2O3S. The molecule has 2 aliphatic heterocycles. The van der Waals surface area contributed by atoms with Gasteiger partial charge in [-0.2, -0.15) is 0 Å². The average molecular weight is 353 g/mol. The summed E-state index contributed by atoms with van der Waals surface area (Å²) in [5.74, 6) is 0.0000872. The molecule has 0 aromatic carbocycles. The SMILES string of the molecule is CCN1CCC2(CC1)OCCc1cc(C(=O)NC(C)COC)sc12. The summed E-state index contributed by atoms with van der Waals surface area (Å²) in [5.41, 5.74) is 1.14. The molecule has 0 bridgehead atoms. The maximum absolute atomic E-state index is 12.5. The van der Waals surface area contributed by atoms with Crippen molar-refractivity contribution in [3.05, 3.63) is 21.4 Å². The molecule has 1 spiro atoms. The number of carbonyl (C=O) groups is 1. The Bertz CT molecular complexity index is 579. The van der Waals surface area contributed by atoms with E-state index in [0.717, 1.165) is 50.4 Å². The third-order valence-corrected chi connectivity index (χ3v) is 6.46. The monoisotopic (exact) mass is 352 g/mol. The number of methoxy groups -OCH3 is 1. The lowest BCUT2D eigenvalue weighted by Gasteiger charge is -2.43. The molecule has 1 aromatic rings. The van der Waals surface area contributed by atoms with E-state index in [9.17, 15) is 4.79 Å². The summed E-state index contributed by atoms with van der Waals surface area (Å²) in [6.45, 7) is 8.69. The highest BCUT2D eigenvalue weighted by molar-refractivity contribution is 7.14. The summed E-state index contributed by atoms with van der Waals surface area (Å²) in [6, 6.07) is 2.09. The summed E-state index contributed by atoms with van der Waals surface area (Å²) in [7, 11) is 1.65. The van der Waals surface area contributed by atoms with Gasteiger partial charge in [0.05, 0.1) is 18.1 Å². The van der Waals surface area contributed by atoms with Crippen LogP contribution in [-0.4, -0.2) is 56.8 Å². The number of rotatable bonds is 5. The van der Waals surface area contributed by atoms with Gasteiger partial charge in [-0.25, -0.2) is 0 Å². The van der Waals surface area contributed by atoms with Gasteiger partial charge >= 0.3 is 0 Å². The molecule has 3 heterocycles. The standard InChI is InChI=1S/C18H28N2O3S/c1-4-20-8-6-18(7-9-20)16-14(5-10-23-18)11-15(24-16)17(21)19-13(2)12-22-3/h11,13H,4-10,12H2,1-3H3,(H,19,21). The van der Waals surface area contributed by atoms with Crippen LogP contribution in [0.1, 0.15) is 46.8 Å². The van der Waals surface area contributed by atoms with Crippen molar-refractivity contribution in [3.63, 3.8) is 0 Å². The van der Waals surface area contributed by atoms with E-state index in [1.807, 2.05) is 6.92 Å². The summed E-state index contributed by atoms with van der Waals surface area (Å²) in [6.07, 6.45) is 2.96. The molecule has 2 aliphatic rings. The fraction of sp³-hybridized carbons (Fsp3) is 0.722. The predicted octanol–water partition coefficient (Wildman–Crippen LogP) is 2.40. The Morgan fingerprint density at radius 1 is 1.50 bits per heavy atom. The molecule has 0 aliphatic carbocycles. The van der Waals surface area contributed by atoms with E-state index < -0.39 is 0 Å². The van der Waals surface area contributed by atoms with Crippen LogP contribution in [0.15, 0.2) is 6.07 Å². The van der Waals surface area contributed by atoms with Crippen LogP contribution < -0.4 is 5.32 Å². The minimum absolute atomic E-state index is 0.0000872. The zero-order valence-electron chi connectivity index (χ0n) is 14.9. The minimum atomic E-state index is -0.166. The predicted molar refractivity (Wildman–Crippen MR) is 95.8 cm³/mol. The molecular weight excluding hydrogens is 324 g/mol. The van der Waals surface area contributed by atoms with Gasteiger partial charge in [0.2, 0.25) is 0 Å². The highest BCUT2D eigenvalue weighted by atomic mass is 32.1. The molecule has 3 rings (SSSR count). The fourth-order valence-electron chi connectivity index (χ4n) is 3.72. The maximum atomic E-state index is 12.5. The van der Waals surface area contributed by atoms with E-state index in [0.29, 0.717) is 6.61 Å². The van der Waals surface area contributed by atoms with E-state index in [-0.39, 0.29) is 17.6 Å². The lowest BCUT2D eigenvalue weighted by molar-refractivity contribution is -0.0944. The van der Waals surface area contributed by atoms with Crippen molar-refractivity contribution < 1.29 is 14.3 Å². The van der Waals surface area contributed by atoms with E-state index >= 15 is 0 Å². The van der Waals surface area contributed by atoms with Crippen molar-refractivity contribution in [2.45, 2.75) is 44.8 Å². The maximum Gasteiger partial charge on any atom is 0.261 e. The summed E-state index contributed by atoms with van der Waals surface area (Å²) in [4.78, 5) is 17.1. The number of nitrogens with zero attached hydrogens (tertiary/aromatic N) is 1. The summed E-state index contributed by atoms with van der Waals surface area (Å²) < 4.78 is 11.4. The van der Waals surface area contributed by atoms with E-state index in [1.165, 1.54) is 10.4 Å². The second-order valence-electron chi connectivity index (χ2n) is 6.82. The minimum Gasteiger partial charge on any atom is -0.383 e. The first-order valence-corrected chi connectivity index (χ1v) is 9.69. The Hall–Kier alpha value is -0.950. The van der Waals surface area contributed by atoms with Gasteiger partial charge < -0.3 is 19.7 Å². The van der Waals surface area contributed by atoms with Gasteiger partial charge in [-0.1, -0.05) is 6.92 Å². The van der Waals surface area contributed by atoms with Crippen molar-refractivity contribution in [1.82, 2.24) is 10.2 Å². The largest absolute Gasteiger partial charge is 0.383 e. The molecule has 0 saturated carbocycles. The number of nitrogens with one attached hydrogen (secondary N) is 1. The Kier molecular flexibility index (Phi) is 5.59. The molecule has 1 unspecified atom stereocenters. The van der Waals surface area contributed by atoms with Gasteiger partial charge in [-0.05, 0) is 44.4 Å². The van der Waals surface area contributed by atoms with Gasteiger partial charge in [0.15, 0.2) is 0 Å². The highest BCUT2D eigenvalue weighted by Gasteiger charge is 2.42. The number of amides is 1. The van der Waals surface area contributed by atoms with Gasteiger partial charge in [-0.3, -0.25) is 4.79 Å². The molecule has 0 radical (unpaired) electrons. The zero-order chi connectivity index (χ0) is 17.2. The number of piperidine rings is 1. The van der Waals surface area contributed by atoms with Gasteiger partial charge in [0.1, 0.15) is 5.60 Å². The fourth-order valence-corrected chi connectivity index (χ4v) is 5.04. The third-order valence-electron chi connectivity index (χ3n) is 5.10. The van der Waals surface area contributed by atoms with Crippen molar-refractivity contribution in [2.75, 3.05) is 40.0 Å². The van der Waals surface area contributed by atoms with E-state index in [1.54, 1.807) is 18.4 Å². The number of fused-ring (bicyclic) bond motifs is 2. The number of thiophene rings is 1. The van der Waals surface area contributed by atoms with Gasteiger partial charge in [0.25, 0.3) is 5.91 Å². The van der Waals surface area contributed by atoms with Crippen molar-refractivity contribution in [3.8, 4) is 0 Å². The third kappa shape index (κ3) is 3.52. The molecule has 1 N–H and O–H groups in total. The lowest BCUT2D eigenvalue weighted by atomic mass is 9.85. The van der Waals surface area contributed by atoms with Gasteiger partial charge in [-0.15, -0.1) is 11.3 Å². The first-order chi connectivity index (χ1) is 11.6. The molecule has 24 heavy (non-hydrogen) atoms. The van der Waals surface area contributed by atoms with Crippen LogP contribution in [0.5, 0.6) is 0 Å². The van der Waals surface area contributed by atoms with Crippen LogP contribution in [0.25, 0.3) is 0 Å². The molecule has 1 atom stereocenters. The Morgan fingerprint density at radius 3 is 2.92 bits per heavy atom. The normalized spacial score (nSPS) is 21.5. The Balaban J connectivity index is 1.77. The Morgan fingerprint density at radius 2 is 2.25 bits per heavy atom. The average Bonchev–Trinajstić information content (AvgIpc) is 3.02. The second kappa shape index (κ2) is 7.52. The molecule has 1 amide bonds. The first-order valence-electron chi connectivity index (χ1n) is 8.87. The molecule has 1 aromatic heterocycles. The number of likely N-dealkylation sites (tertiary alicyclic amines) is 1. The highest BCUT2D eigenvalue weighted by Crippen LogP contribution is 2.45. The van der Waals surface area contributed by atoms with Crippen LogP contribution in [0.4, 0.5) is 0 Å². The quantitative estimate of drug-likeness (QED) is 0.884. The van der Waals surface area contributed by atoms with Crippen molar-refractivity contribution in [2.24, 2.45) is 0 Å². The molecule has 1 fully saturated rings. The van der Waals surface area contributed by atoms with Crippen LogP contribution in [0.3, 0.4) is 0 Å². The van der Waals surface area contributed by atoms with Crippen LogP contribution in [0.2, 0.25) is 0 Å². The summed E-state index contributed by atoms with van der Waals surface area (Å²) >= 11 is 1.62.